The lowest BCUT2D eigenvalue weighted by Crippen LogP contribution is -2.10. The van der Waals surface area contributed by atoms with Gasteiger partial charge in [0, 0.05) is 43.6 Å². The van der Waals surface area contributed by atoms with Crippen molar-refractivity contribution >= 4 is 11.3 Å². The third kappa shape index (κ3) is 4.00. The van der Waals surface area contributed by atoms with Crippen molar-refractivity contribution in [2.45, 2.75) is 19.5 Å². The standard InChI is InChI=1S/C19H19FN6OS/c1-27-10-2-8-26-13-22-24-17(26)11-25-9-7-21-18(25)19-23-16(12-28-19)14-3-5-15(20)6-4-14/h3-7,9,12-13H,2,8,10-11H2,1H3. The highest BCUT2D eigenvalue weighted by atomic mass is 32.1. The number of benzene rings is 1. The molecule has 0 amide bonds. The minimum Gasteiger partial charge on any atom is -0.385 e. The van der Waals surface area contributed by atoms with E-state index in [1.54, 1.807) is 31.8 Å². The predicted molar refractivity (Wildman–Crippen MR) is 104 cm³/mol. The van der Waals surface area contributed by atoms with E-state index in [0.29, 0.717) is 13.2 Å². The van der Waals surface area contributed by atoms with Gasteiger partial charge in [-0.2, -0.15) is 0 Å². The molecule has 28 heavy (non-hydrogen) atoms. The maximum Gasteiger partial charge on any atom is 0.169 e. The third-order valence-corrected chi connectivity index (χ3v) is 5.14. The molecule has 0 saturated carbocycles. The molecule has 1 aromatic carbocycles. The van der Waals surface area contributed by atoms with E-state index in [-0.39, 0.29) is 5.82 Å². The van der Waals surface area contributed by atoms with Gasteiger partial charge in [-0.1, -0.05) is 0 Å². The van der Waals surface area contributed by atoms with E-state index in [1.165, 1.54) is 23.5 Å². The zero-order valence-electron chi connectivity index (χ0n) is 15.3. The lowest BCUT2D eigenvalue weighted by atomic mass is 10.2. The molecule has 0 saturated heterocycles. The summed E-state index contributed by atoms with van der Waals surface area (Å²) in [6.07, 6.45) is 6.28. The Morgan fingerprint density at radius 1 is 1.18 bits per heavy atom. The SMILES string of the molecule is COCCCn1cnnc1Cn1ccnc1-c1nc(-c2ccc(F)cc2)cs1. The van der Waals surface area contributed by atoms with Crippen molar-refractivity contribution in [3.05, 3.63) is 60.0 Å². The topological polar surface area (TPSA) is 70.7 Å². The number of halogens is 1. The number of hydrogen-bond acceptors (Lipinski definition) is 6. The van der Waals surface area contributed by atoms with Crippen LogP contribution in [-0.4, -0.2) is 43.0 Å². The fraction of sp³-hybridized carbons (Fsp3) is 0.263. The molecule has 4 aromatic rings. The Kier molecular flexibility index (Phi) is 5.54. The second-order valence-corrected chi connectivity index (χ2v) is 7.07. The first-order valence-corrected chi connectivity index (χ1v) is 9.71. The van der Waals surface area contributed by atoms with Gasteiger partial charge in [-0.15, -0.1) is 21.5 Å². The molecular weight excluding hydrogens is 379 g/mol. The highest BCUT2D eigenvalue weighted by Gasteiger charge is 2.14. The minimum atomic E-state index is -0.260. The van der Waals surface area contributed by atoms with Crippen LogP contribution in [0.25, 0.3) is 22.1 Å². The van der Waals surface area contributed by atoms with Gasteiger partial charge in [0.2, 0.25) is 0 Å². The number of rotatable bonds is 8. The first-order valence-electron chi connectivity index (χ1n) is 8.83. The van der Waals surface area contributed by atoms with E-state index < -0.39 is 0 Å². The van der Waals surface area contributed by atoms with E-state index in [9.17, 15) is 4.39 Å². The molecule has 0 radical (unpaired) electrons. The van der Waals surface area contributed by atoms with Gasteiger partial charge >= 0.3 is 0 Å². The summed E-state index contributed by atoms with van der Waals surface area (Å²) in [4.78, 5) is 9.15. The van der Waals surface area contributed by atoms with E-state index in [1.807, 2.05) is 20.7 Å². The summed E-state index contributed by atoms with van der Waals surface area (Å²) in [5.74, 6) is 1.36. The van der Waals surface area contributed by atoms with Crippen molar-refractivity contribution in [3.63, 3.8) is 0 Å². The van der Waals surface area contributed by atoms with Gasteiger partial charge in [0.15, 0.2) is 16.7 Å². The van der Waals surface area contributed by atoms with Crippen molar-refractivity contribution in [3.8, 4) is 22.1 Å². The molecular formula is C19H19FN6OS. The Morgan fingerprint density at radius 3 is 2.86 bits per heavy atom. The summed E-state index contributed by atoms with van der Waals surface area (Å²) in [6.45, 7) is 2.04. The Balaban J connectivity index is 1.54. The van der Waals surface area contributed by atoms with Crippen LogP contribution in [0.1, 0.15) is 12.2 Å². The summed E-state index contributed by atoms with van der Waals surface area (Å²) in [7, 11) is 1.69. The largest absolute Gasteiger partial charge is 0.385 e. The Hall–Kier alpha value is -2.91. The van der Waals surface area contributed by atoms with Crippen LogP contribution in [0.5, 0.6) is 0 Å². The Labute approximate surface area is 165 Å². The number of aryl methyl sites for hydroxylation is 1. The quantitative estimate of drug-likeness (QED) is 0.425. The van der Waals surface area contributed by atoms with Crippen LogP contribution in [-0.2, 0) is 17.8 Å². The Morgan fingerprint density at radius 2 is 2.04 bits per heavy atom. The van der Waals surface area contributed by atoms with Crippen molar-refractivity contribution in [2.24, 2.45) is 0 Å². The fourth-order valence-electron chi connectivity index (χ4n) is 2.88. The molecule has 0 N–H and O–H groups in total. The van der Waals surface area contributed by atoms with Gasteiger partial charge < -0.3 is 13.9 Å². The summed E-state index contributed by atoms with van der Waals surface area (Å²) in [5.41, 5.74) is 1.68. The number of ether oxygens (including phenoxy) is 1. The minimum absolute atomic E-state index is 0.260. The van der Waals surface area contributed by atoms with E-state index in [0.717, 1.165) is 40.9 Å². The molecule has 0 bridgehead atoms. The highest BCUT2D eigenvalue weighted by Crippen LogP contribution is 2.28. The molecule has 7 nitrogen and oxygen atoms in total. The summed E-state index contributed by atoms with van der Waals surface area (Å²) >= 11 is 1.51. The molecule has 0 aliphatic rings. The third-order valence-electron chi connectivity index (χ3n) is 4.31. The Bertz CT molecular complexity index is 1040. The van der Waals surface area contributed by atoms with E-state index >= 15 is 0 Å². The molecule has 0 spiro atoms. The van der Waals surface area contributed by atoms with Crippen molar-refractivity contribution < 1.29 is 9.13 Å². The molecule has 9 heteroatoms. The van der Waals surface area contributed by atoms with Crippen LogP contribution < -0.4 is 0 Å². The molecule has 0 aliphatic carbocycles. The van der Waals surface area contributed by atoms with E-state index in [2.05, 4.69) is 20.2 Å². The summed E-state index contributed by atoms with van der Waals surface area (Å²) in [5, 5.41) is 11.0. The van der Waals surface area contributed by atoms with Crippen LogP contribution in [0.2, 0.25) is 0 Å². The van der Waals surface area contributed by atoms with Crippen LogP contribution in [0.4, 0.5) is 4.39 Å². The van der Waals surface area contributed by atoms with Crippen LogP contribution in [0, 0.1) is 5.82 Å². The first kappa shape index (κ1) is 18.5. The summed E-state index contributed by atoms with van der Waals surface area (Å²) in [6, 6.07) is 6.32. The number of thiazole rings is 1. The maximum absolute atomic E-state index is 13.1. The second kappa shape index (κ2) is 8.41. The highest BCUT2D eigenvalue weighted by molar-refractivity contribution is 7.13. The van der Waals surface area contributed by atoms with Crippen molar-refractivity contribution in [1.29, 1.82) is 0 Å². The number of nitrogens with zero attached hydrogens (tertiary/aromatic N) is 6. The molecule has 144 valence electrons. The van der Waals surface area contributed by atoms with Gasteiger partial charge in [0.1, 0.15) is 12.1 Å². The molecule has 3 heterocycles. The second-order valence-electron chi connectivity index (χ2n) is 6.21. The lowest BCUT2D eigenvalue weighted by Gasteiger charge is -2.08. The van der Waals surface area contributed by atoms with E-state index in [4.69, 9.17) is 4.74 Å². The molecule has 0 aliphatic heterocycles. The molecule has 0 atom stereocenters. The number of imidazole rings is 1. The van der Waals surface area contributed by atoms with Gasteiger partial charge in [-0.05, 0) is 30.7 Å². The van der Waals surface area contributed by atoms with Crippen LogP contribution in [0.15, 0.2) is 48.4 Å². The van der Waals surface area contributed by atoms with Crippen molar-refractivity contribution in [1.82, 2.24) is 29.3 Å². The molecule has 3 aromatic heterocycles. The number of hydrogen-bond donors (Lipinski definition) is 0. The monoisotopic (exact) mass is 398 g/mol. The van der Waals surface area contributed by atoms with Gasteiger partial charge in [-0.25, -0.2) is 14.4 Å². The van der Waals surface area contributed by atoms with Crippen LogP contribution >= 0.6 is 11.3 Å². The summed E-state index contributed by atoms with van der Waals surface area (Å²) < 4.78 is 22.3. The lowest BCUT2D eigenvalue weighted by molar-refractivity contribution is 0.190. The van der Waals surface area contributed by atoms with Crippen LogP contribution in [0.3, 0.4) is 0 Å². The normalized spacial score (nSPS) is 11.2. The number of aromatic nitrogens is 6. The van der Waals surface area contributed by atoms with Crippen molar-refractivity contribution in [2.75, 3.05) is 13.7 Å². The zero-order valence-corrected chi connectivity index (χ0v) is 16.1. The maximum atomic E-state index is 13.1. The average Bonchev–Trinajstić information content (AvgIpc) is 3.44. The first-order chi connectivity index (χ1) is 13.7. The number of methoxy groups -OCH3 is 1. The fourth-order valence-corrected chi connectivity index (χ4v) is 3.72. The van der Waals surface area contributed by atoms with Gasteiger partial charge in [0.05, 0.1) is 12.2 Å². The zero-order chi connectivity index (χ0) is 19.3. The van der Waals surface area contributed by atoms with Gasteiger partial charge in [-0.3, -0.25) is 0 Å². The molecule has 4 rings (SSSR count). The smallest absolute Gasteiger partial charge is 0.169 e. The average molecular weight is 398 g/mol. The predicted octanol–water partition coefficient (Wildman–Crippen LogP) is 3.49. The van der Waals surface area contributed by atoms with Gasteiger partial charge in [0.25, 0.3) is 0 Å². The molecule has 0 fully saturated rings. The molecule has 0 unspecified atom stereocenters.